The molecule has 1 fully saturated rings. The minimum atomic E-state index is -3.96. The second-order valence-electron chi connectivity index (χ2n) is 3.75. The van der Waals surface area contributed by atoms with Crippen molar-refractivity contribution in [3.8, 4) is 0 Å². The average Bonchev–Trinajstić information content (AvgIpc) is 2.89. The molecule has 1 amide bonds. The van der Waals surface area contributed by atoms with Gasteiger partial charge in [-0.1, -0.05) is 0 Å². The molecule has 2 rings (SSSR count). The van der Waals surface area contributed by atoms with E-state index in [2.05, 4.69) is 5.29 Å². The Morgan fingerprint density at radius 2 is 2.11 bits per heavy atom. The number of sulfonamides is 1. The van der Waals surface area contributed by atoms with Crippen LogP contribution in [0.4, 0.5) is 0 Å². The summed E-state index contributed by atoms with van der Waals surface area (Å²) in [6.45, 7) is 1.89. The standard InChI is InChI=1S/C9H11N3O5S2/c13-9(12-1-3-17-4-2-12)7-5-8(18-6-7)19(15,16)11-10-14/h5-6H,1-4H2,(H,11,14). The van der Waals surface area contributed by atoms with Crippen LogP contribution in [-0.4, -0.2) is 45.5 Å². The van der Waals surface area contributed by atoms with Crippen LogP contribution in [0, 0.1) is 4.91 Å². The van der Waals surface area contributed by atoms with Crippen LogP contribution in [0.2, 0.25) is 0 Å². The predicted molar refractivity (Wildman–Crippen MR) is 67.2 cm³/mol. The van der Waals surface area contributed by atoms with Crippen LogP contribution >= 0.6 is 11.3 Å². The molecule has 104 valence electrons. The molecule has 0 unspecified atom stereocenters. The van der Waals surface area contributed by atoms with Gasteiger partial charge in [-0.15, -0.1) is 16.2 Å². The van der Waals surface area contributed by atoms with E-state index in [4.69, 9.17) is 4.74 Å². The number of ether oxygens (including phenoxy) is 1. The minimum absolute atomic E-state index is 0.122. The molecule has 1 saturated heterocycles. The fourth-order valence-electron chi connectivity index (χ4n) is 1.61. The lowest BCUT2D eigenvalue weighted by atomic mass is 10.3. The SMILES string of the molecule is O=NNS(=O)(=O)c1cc(C(=O)N2CCOCC2)cs1. The number of hydrogen-bond donors (Lipinski definition) is 1. The zero-order chi connectivity index (χ0) is 13.9. The zero-order valence-corrected chi connectivity index (χ0v) is 11.4. The van der Waals surface area contributed by atoms with E-state index in [1.165, 1.54) is 16.3 Å². The topological polar surface area (TPSA) is 105 Å². The summed E-state index contributed by atoms with van der Waals surface area (Å²) in [6.07, 6.45) is 0. The largest absolute Gasteiger partial charge is 0.378 e. The van der Waals surface area contributed by atoms with Crippen molar-refractivity contribution in [2.24, 2.45) is 5.29 Å². The third-order valence-electron chi connectivity index (χ3n) is 2.54. The molecule has 0 spiro atoms. The van der Waals surface area contributed by atoms with Crippen molar-refractivity contribution in [1.29, 1.82) is 0 Å². The molecular formula is C9H11N3O5S2. The lowest BCUT2D eigenvalue weighted by Crippen LogP contribution is -2.40. The predicted octanol–water partition coefficient (Wildman–Crippen LogP) is 0.180. The summed E-state index contributed by atoms with van der Waals surface area (Å²) in [7, 11) is -3.96. The molecule has 1 N–H and O–H groups in total. The first-order chi connectivity index (χ1) is 9.04. The van der Waals surface area contributed by atoms with E-state index < -0.39 is 10.0 Å². The van der Waals surface area contributed by atoms with Gasteiger partial charge in [0.25, 0.3) is 15.9 Å². The van der Waals surface area contributed by atoms with Crippen molar-refractivity contribution in [3.05, 3.63) is 21.9 Å². The van der Waals surface area contributed by atoms with Crippen LogP contribution in [0.1, 0.15) is 10.4 Å². The van der Waals surface area contributed by atoms with E-state index in [0.717, 1.165) is 11.3 Å². The van der Waals surface area contributed by atoms with E-state index in [-0.39, 0.29) is 15.7 Å². The molecule has 0 atom stereocenters. The first-order valence-electron chi connectivity index (χ1n) is 5.34. The van der Waals surface area contributed by atoms with Crippen molar-refractivity contribution < 1.29 is 17.9 Å². The highest BCUT2D eigenvalue weighted by Gasteiger charge is 2.23. The van der Waals surface area contributed by atoms with E-state index >= 15 is 0 Å². The highest BCUT2D eigenvalue weighted by atomic mass is 32.2. The van der Waals surface area contributed by atoms with E-state index in [1.54, 1.807) is 4.90 Å². The number of carbonyl (C=O) groups is 1. The van der Waals surface area contributed by atoms with Crippen LogP contribution in [0.5, 0.6) is 0 Å². The van der Waals surface area contributed by atoms with Gasteiger partial charge >= 0.3 is 0 Å². The van der Waals surface area contributed by atoms with Gasteiger partial charge in [-0.05, 0) is 6.07 Å². The van der Waals surface area contributed by atoms with Crippen molar-refractivity contribution in [3.63, 3.8) is 0 Å². The van der Waals surface area contributed by atoms with Crippen molar-refractivity contribution >= 4 is 27.3 Å². The molecule has 0 aromatic carbocycles. The number of carbonyl (C=O) groups excluding carboxylic acids is 1. The minimum Gasteiger partial charge on any atom is -0.378 e. The van der Waals surface area contributed by atoms with E-state index in [1.807, 2.05) is 0 Å². The summed E-state index contributed by atoms with van der Waals surface area (Å²) in [5.74, 6) is -0.250. The highest BCUT2D eigenvalue weighted by Crippen LogP contribution is 2.21. The molecule has 1 aromatic rings. The quantitative estimate of drug-likeness (QED) is 0.631. The maximum Gasteiger partial charge on any atom is 0.288 e. The molecule has 0 aliphatic carbocycles. The van der Waals surface area contributed by atoms with Crippen LogP contribution in [0.25, 0.3) is 0 Å². The number of nitroso groups, excluding NO2 is 1. The number of rotatable bonds is 4. The van der Waals surface area contributed by atoms with Gasteiger partial charge in [0.05, 0.1) is 24.1 Å². The van der Waals surface area contributed by atoms with Crippen LogP contribution < -0.4 is 4.83 Å². The fraction of sp³-hybridized carbons (Fsp3) is 0.444. The van der Waals surface area contributed by atoms with Gasteiger partial charge < -0.3 is 9.64 Å². The summed E-state index contributed by atoms with van der Waals surface area (Å²) in [6, 6.07) is 1.23. The van der Waals surface area contributed by atoms with Crippen LogP contribution in [-0.2, 0) is 14.8 Å². The number of amides is 1. The summed E-state index contributed by atoms with van der Waals surface area (Å²) in [5.41, 5.74) is 0.276. The lowest BCUT2D eigenvalue weighted by molar-refractivity contribution is 0.0303. The monoisotopic (exact) mass is 305 g/mol. The molecule has 1 aliphatic rings. The van der Waals surface area contributed by atoms with Crippen molar-refractivity contribution in [2.75, 3.05) is 26.3 Å². The average molecular weight is 305 g/mol. The van der Waals surface area contributed by atoms with Crippen LogP contribution in [0.3, 0.4) is 0 Å². The maximum atomic E-state index is 12.1. The lowest BCUT2D eigenvalue weighted by Gasteiger charge is -2.26. The van der Waals surface area contributed by atoms with E-state index in [0.29, 0.717) is 26.3 Å². The molecular weight excluding hydrogens is 294 g/mol. The fourth-order valence-corrected chi connectivity index (χ4v) is 3.45. The summed E-state index contributed by atoms with van der Waals surface area (Å²) in [4.78, 5) is 25.1. The molecule has 10 heteroatoms. The van der Waals surface area contributed by atoms with Gasteiger partial charge in [0, 0.05) is 18.5 Å². The number of morpholine rings is 1. The Bertz CT molecular complexity index is 576. The Morgan fingerprint density at radius 3 is 2.74 bits per heavy atom. The molecule has 1 aliphatic heterocycles. The van der Waals surface area contributed by atoms with Crippen molar-refractivity contribution in [2.45, 2.75) is 4.21 Å². The third kappa shape index (κ3) is 3.08. The molecule has 2 heterocycles. The zero-order valence-electron chi connectivity index (χ0n) is 9.74. The highest BCUT2D eigenvalue weighted by molar-refractivity contribution is 7.91. The molecule has 19 heavy (non-hydrogen) atoms. The smallest absolute Gasteiger partial charge is 0.288 e. The molecule has 8 nitrogen and oxygen atoms in total. The normalized spacial score (nSPS) is 16.1. The van der Waals surface area contributed by atoms with Gasteiger partial charge in [0.2, 0.25) is 0 Å². The van der Waals surface area contributed by atoms with Crippen molar-refractivity contribution in [1.82, 2.24) is 9.73 Å². The van der Waals surface area contributed by atoms with Gasteiger partial charge in [-0.3, -0.25) is 4.79 Å². The third-order valence-corrected chi connectivity index (χ3v) is 5.17. The maximum absolute atomic E-state index is 12.1. The first-order valence-corrected chi connectivity index (χ1v) is 7.70. The van der Waals surface area contributed by atoms with E-state index in [9.17, 15) is 18.1 Å². The number of nitrogens with one attached hydrogen (secondary N) is 1. The second kappa shape index (κ2) is 5.63. The number of thiophene rings is 1. The Hall–Kier alpha value is -1.52. The second-order valence-corrected chi connectivity index (χ2v) is 6.54. The Labute approximate surface area is 113 Å². The van der Waals surface area contributed by atoms with Gasteiger partial charge in [0.1, 0.15) is 4.21 Å². The summed E-state index contributed by atoms with van der Waals surface area (Å²) in [5, 5.41) is 3.58. The summed E-state index contributed by atoms with van der Waals surface area (Å²) >= 11 is 0.861. The number of hydrogen-bond acceptors (Lipinski definition) is 7. The molecule has 1 aromatic heterocycles. The summed E-state index contributed by atoms with van der Waals surface area (Å²) < 4.78 is 28.0. The van der Waals surface area contributed by atoms with Gasteiger partial charge in [0.15, 0.2) is 0 Å². The first kappa shape index (κ1) is 13.9. The van der Waals surface area contributed by atoms with Crippen LogP contribution in [0.15, 0.2) is 20.9 Å². The number of nitrogens with zero attached hydrogens (tertiary/aromatic N) is 2. The molecule has 0 saturated carbocycles. The Morgan fingerprint density at radius 1 is 1.42 bits per heavy atom. The van der Waals surface area contributed by atoms with Gasteiger partial charge in [-0.25, -0.2) is 0 Å². The Kier molecular flexibility index (Phi) is 4.12. The van der Waals surface area contributed by atoms with Gasteiger partial charge in [-0.2, -0.15) is 13.2 Å². The molecule has 0 bridgehead atoms. The molecule has 0 radical (unpaired) electrons. The Balaban J connectivity index is 2.16.